The number of fused-ring (bicyclic) bond motifs is 4. The first-order valence-corrected chi connectivity index (χ1v) is 11.8. The van der Waals surface area contributed by atoms with Crippen LogP contribution in [0.25, 0.3) is 10.9 Å². The van der Waals surface area contributed by atoms with Crippen molar-refractivity contribution < 1.29 is 9.59 Å². The number of carbonyl (C=O) groups excluding carboxylic acids is 2. The van der Waals surface area contributed by atoms with Crippen LogP contribution in [0.2, 0.25) is 0 Å². The van der Waals surface area contributed by atoms with Gasteiger partial charge in [-0.25, -0.2) is 15.0 Å². The molecule has 5 aromatic rings. The lowest BCUT2D eigenvalue weighted by molar-refractivity contribution is -0.120. The maximum absolute atomic E-state index is 13.0. The molecule has 10 nitrogen and oxygen atoms in total. The average molecular weight is 489 g/mol. The zero-order valence-electron chi connectivity index (χ0n) is 19.4. The summed E-state index contributed by atoms with van der Waals surface area (Å²) in [6.07, 6.45) is 5.94. The zero-order chi connectivity index (χ0) is 25.0. The molecule has 7 rings (SSSR count). The monoisotopic (exact) mass is 488 g/mol. The topological polar surface area (TPSA) is 138 Å². The molecule has 2 aliphatic rings. The van der Waals surface area contributed by atoms with Gasteiger partial charge in [0.1, 0.15) is 23.7 Å². The number of amides is 2. The van der Waals surface area contributed by atoms with Gasteiger partial charge in [-0.1, -0.05) is 18.2 Å². The van der Waals surface area contributed by atoms with Gasteiger partial charge in [0.2, 0.25) is 5.91 Å². The standard InChI is InChI=1S/C27H20N8O2/c36-25(33-20-4-1-5-21-18(20)13-31-35-21)22-10-23(30-14-29-22)32-17-7-6-15-11-27(12-16(15)9-17)19-3-2-8-28-24(19)34-26(27)37/h1-10,13-14H,11-12H2,(H,31,35)(H,33,36)(H,28,34,37)(H,29,30,32). The molecule has 37 heavy (non-hydrogen) atoms. The number of aromatic nitrogens is 5. The molecule has 1 spiro atoms. The second-order valence-electron chi connectivity index (χ2n) is 9.28. The number of nitrogens with zero attached hydrogens (tertiary/aromatic N) is 4. The van der Waals surface area contributed by atoms with Gasteiger partial charge >= 0.3 is 0 Å². The second kappa shape index (κ2) is 7.95. The van der Waals surface area contributed by atoms with Crippen LogP contribution in [-0.2, 0) is 23.1 Å². The van der Waals surface area contributed by atoms with Gasteiger partial charge in [0.05, 0.1) is 22.8 Å². The number of rotatable bonds is 4. The fourth-order valence-corrected chi connectivity index (χ4v) is 5.31. The van der Waals surface area contributed by atoms with Crippen LogP contribution in [0.3, 0.4) is 0 Å². The summed E-state index contributed by atoms with van der Waals surface area (Å²) >= 11 is 0. The molecule has 0 saturated heterocycles. The quantitative estimate of drug-likeness (QED) is 0.302. The highest BCUT2D eigenvalue weighted by Gasteiger charge is 2.51. The maximum atomic E-state index is 13.0. The number of pyridine rings is 1. The number of carbonyl (C=O) groups is 2. The molecule has 0 saturated carbocycles. The van der Waals surface area contributed by atoms with Gasteiger partial charge < -0.3 is 16.0 Å². The lowest BCUT2D eigenvalue weighted by atomic mass is 9.79. The molecule has 1 atom stereocenters. The molecule has 0 bridgehead atoms. The highest BCUT2D eigenvalue weighted by molar-refractivity contribution is 6.08. The van der Waals surface area contributed by atoms with E-state index in [0.717, 1.165) is 33.3 Å². The molecular formula is C27H20N8O2. The van der Waals surface area contributed by atoms with Crippen molar-refractivity contribution in [2.24, 2.45) is 0 Å². The highest BCUT2D eigenvalue weighted by Crippen LogP contribution is 2.47. The van der Waals surface area contributed by atoms with E-state index in [1.54, 1.807) is 18.5 Å². The summed E-state index contributed by atoms with van der Waals surface area (Å²) < 4.78 is 0. The lowest BCUT2D eigenvalue weighted by Crippen LogP contribution is -2.35. The van der Waals surface area contributed by atoms with Crippen molar-refractivity contribution in [3.05, 3.63) is 95.7 Å². The Hall–Kier alpha value is -5.12. The molecule has 1 aliphatic heterocycles. The molecule has 0 radical (unpaired) electrons. The third-order valence-corrected chi connectivity index (χ3v) is 7.09. The largest absolute Gasteiger partial charge is 0.340 e. The number of anilines is 4. The summed E-state index contributed by atoms with van der Waals surface area (Å²) in [5, 5.41) is 16.8. The summed E-state index contributed by atoms with van der Waals surface area (Å²) in [7, 11) is 0. The van der Waals surface area contributed by atoms with Gasteiger partial charge in [-0.3, -0.25) is 14.7 Å². The summed E-state index contributed by atoms with van der Waals surface area (Å²) in [4.78, 5) is 38.6. The van der Waals surface area contributed by atoms with E-state index < -0.39 is 5.41 Å². The Morgan fingerprint density at radius 1 is 0.973 bits per heavy atom. The molecule has 1 aliphatic carbocycles. The van der Waals surface area contributed by atoms with Crippen LogP contribution in [0, 0.1) is 0 Å². The minimum atomic E-state index is -0.622. The summed E-state index contributed by atoms with van der Waals surface area (Å²) in [6, 6.07) is 17.0. The Labute approximate surface area is 210 Å². The van der Waals surface area contributed by atoms with Crippen molar-refractivity contribution in [1.29, 1.82) is 0 Å². The van der Waals surface area contributed by atoms with Crippen molar-refractivity contribution >= 4 is 45.7 Å². The SMILES string of the molecule is O=C(Nc1cccc2[nH]ncc12)c1cc(Nc2ccc3c(c2)CC2(C3)C(=O)Nc3ncccc32)ncn1. The lowest BCUT2D eigenvalue weighted by Gasteiger charge is -2.20. The summed E-state index contributed by atoms with van der Waals surface area (Å²) in [6.45, 7) is 0. The fraction of sp³-hybridized carbons (Fsp3) is 0.111. The molecule has 0 fully saturated rings. The molecule has 4 N–H and O–H groups in total. The van der Waals surface area contributed by atoms with Crippen molar-refractivity contribution in [3.63, 3.8) is 0 Å². The minimum absolute atomic E-state index is 0.00974. The Morgan fingerprint density at radius 2 is 1.89 bits per heavy atom. The smallest absolute Gasteiger partial charge is 0.274 e. The molecule has 2 amide bonds. The zero-order valence-corrected chi connectivity index (χ0v) is 19.4. The molecule has 180 valence electrons. The Balaban J connectivity index is 1.11. The van der Waals surface area contributed by atoms with Crippen molar-refractivity contribution in [1.82, 2.24) is 25.1 Å². The van der Waals surface area contributed by atoms with Crippen LogP contribution in [0.4, 0.5) is 23.0 Å². The van der Waals surface area contributed by atoms with E-state index in [-0.39, 0.29) is 17.5 Å². The van der Waals surface area contributed by atoms with Gasteiger partial charge in [0, 0.05) is 28.9 Å². The first-order chi connectivity index (χ1) is 18.1. The number of hydrogen-bond donors (Lipinski definition) is 4. The predicted molar refractivity (Wildman–Crippen MR) is 138 cm³/mol. The van der Waals surface area contributed by atoms with Crippen LogP contribution >= 0.6 is 0 Å². The first-order valence-electron chi connectivity index (χ1n) is 11.8. The third kappa shape index (κ3) is 3.41. The van der Waals surface area contributed by atoms with Crippen molar-refractivity contribution in [2.75, 3.05) is 16.0 Å². The van der Waals surface area contributed by atoms with Crippen LogP contribution < -0.4 is 16.0 Å². The summed E-state index contributed by atoms with van der Waals surface area (Å²) in [5.74, 6) is 0.774. The number of hydrogen-bond acceptors (Lipinski definition) is 7. The van der Waals surface area contributed by atoms with Crippen LogP contribution in [0.1, 0.15) is 27.2 Å². The van der Waals surface area contributed by atoms with Crippen molar-refractivity contribution in [3.8, 4) is 0 Å². The van der Waals surface area contributed by atoms with Gasteiger partial charge in [-0.2, -0.15) is 5.10 Å². The Kier molecular flexibility index (Phi) is 4.55. The van der Waals surface area contributed by atoms with E-state index in [9.17, 15) is 9.59 Å². The molecular weight excluding hydrogens is 468 g/mol. The van der Waals surface area contributed by atoms with E-state index >= 15 is 0 Å². The number of benzene rings is 2. The second-order valence-corrected chi connectivity index (χ2v) is 9.28. The van der Waals surface area contributed by atoms with Gasteiger partial charge in [-0.05, 0) is 54.3 Å². The van der Waals surface area contributed by atoms with Gasteiger partial charge in [0.15, 0.2) is 0 Å². The highest BCUT2D eigenvalue weighted by atomic mass is 16.2. The molecule has 1 unspecified atom stereocenters. The van der Waals surface area contributed by atoms with E-state index in [1.165, 1.54) is 6.33 Å². The van der Waals surface area contributed by atoms with Crippen molar-refractivity contribution in [2.45, 2.75) is 18.3 Å². The van der Waals surface area contributed by atoms with E-state index in [4.69, 9.17) is 0 Å². The molecule has 2 aromatic carbocycles. The van der Waals surface area contributed by atoms with E-state index in [2.05, 4.69) is 41.1 Å². The Bertz CT molecular complexity index is 1730. The minimum Gasteiger partial charge on any atom is -0.340 e. The predicted octanol–water partition coefficient (Wildman–Crippen LogP) is 3.73. The summed E-state index contributed by atoms with van der Waals surface area (Å²) in [5.41, 5.74) is 5.07. The van der Waals surface area contributed by atoms with Gasteiger partial charge in [-0.15, -0.1) is 0 Å². The van der Waals surface area contributed by atoms with Crippen LogP contribution in [0.15, 0.2) is 73.3 Å². The third-order valence-electron chi connectivity index (χ3n) is 7.09. The number of aromatic amines is 1. The van der Waals surface area contributed by atoms with E-state index in [0.29, 0.717) is 30.2 Å². The first kappa shape index (κ1) is 21.2. The Morgan fingerprint density at radius 3 is 2.84 bits per heavy atom. The maximum Gasteiger partial charge on any atom is 0.274 e. The molecule has 3 aromatic heterocycles. The van der Waals surface area contributed by atoms with Crippen LogP contribution in [0.5, 0.6) is 0 Å². The normalized spacial score (nSPS) is 17.5. The molecule has 10 heteroatoms. The number of nitrogens with one attached hydrogen (secondary N) is 4. The van der Waals surface area contributed by atoms with E-state index in [1.807, 2.05) is 48.5 Å². The van der Waals surface area contributed by atoms with Crippen LogP contribution in [-0.4, -0.2) is 37.0 Å². The molecule has 4 heterocycles. The number of H-pyrrole nitrogens is 1. The van der Waals surface area contributed by atoms with Gasteiger partial charge in [0.25, 0.3) is 5.91 Å². The fourth-order valence-electron chi connectivity index (χ4n) is 5.31. The average Bonchev–Trinajstić information content (AvgIpc) is 3.61.